The summed E-state index contributed by atoms with van der Waals surface area (Å²) in [7, 11) is 0. The Morgan fingerprint density at radius 3 is 2.69 bits per heavy atom. The van der Waals surface area contributed by atoms with E-state index in [0.29, 0.717) is 24.4 Å². The molecule has 0 amide bonds. The lowest BCUT2D eigenvalue weighted by atomic mass is 10.0. The molecular formula is C23H24O6. The van der Waals surface area contributed by atoms with Crippen LogP contribution < -0.4 is 10.2 Å². The van der Waals surface area contributed by atoms with Gasteiger partial charge in [0.05, 0.1) is 11.5 Å². The summed E-state index contributed by atoms with van der Waals surface area (Å²) in [6.45, 7) is 7.82. The molecule has 0 saturated heterocycles. The molecule has 3 rings (SSSR count). The number of phenols is 2. The fourth-order valence-corrected chi connectivity index (χ4v) is 3.01. The predicted octanol–water partition coefficient (Wildman–Crippen LogP) is 4.40. The zero-order valence-electron chi connectivity index (χ0n) is 16.4. The second-order valence-corrected chi connectivity index (χ2v) is 7.19. The largest absolute Gasteiger partial charge is 0.508 e. The van der Waals surface area contributed by atoms with Gasteiger partial charge in [-0.25, -0.2) is 0 Å². The van der Waals surface area contributed by atoms with E-state index in [9.17, 15) is 20.1 Å². The Bertz CT molecular complexity index is 1160. The Morgan fingerprint density at radius 1 is 1.21 bits per heavy atom. The van der Waals surface area contributed by atoms with E-state index >= 15 is 0 Å². The van der Waals surface area contributed by atoms with Crippen LogP contribution in [0.2, 0.25) is 0 Å². The fraction of sp³-hybridized carbons (Fsp3) is 0.261. The van der Waals surface area contributed by atoms with Crippen LogP contribution >= 0.6 is 0 Å². The summed E-state index contributed by atoms with van der Waals surface area (Å²) in [5, 5.41) is 29.7. The summed E-state index contributed by atoms with van der Waals surface area (Å²) in [6.07, 6.45) is 2.76. The van der Waals surface area contributed by atoms with Crippen LogP contribution in [0.1, 0.15) is 26.7 Å². The maximum atomic E-state index is 12.8. The number of hydrogen-bond donors (Lipinski definition) is 3. The molecule has 1 aromatic heterocycles. The van der Waals surface area contributed by atoms with Crippen LogP contribution in [0.4, 0.5) is 0 Å². The lowest BCUT2D eigenvalue weighted by molar-refractivity contribution is 0.201. The molecule has 0 fully saturated rings. The monoisotopic (exact) mass is 396 g/mol. The van der Waals surface area contributed by atoms with Gasteiger partial charge in [0.15, 0.2) is 0 Å². The minimum atomic E-state index is -0.507. The predicted molar refractivity (Wildman–Crippen MR) is 113 cm³/mol. The Kier molecular flexibility index (Phi) is 5.94. The van der Waals surface area contributed by atoms with Crippen molar-refractivity contribution < 1.29 is 24.5 Å². The molecule has 0 aliphatic carbocycles. The number of allylic oxidation sites excluding steroid dienone is 1. The summed E-state index contributed by atoms with van der Waals surface area (Å²) in [5.74, 6) is -0.0266. The number of fused-ring (bicyclic) bond motifs is 2. The van der Waals surface area contributed by atoms with Crippen LogP contribution in [0.5, 0.6) is 17.2 Å². The number of benzene rings is 2. The van der Waals surface area contributed by atoms with Gasteiger partial charge in [-0.05, 0) is 51.0 Å². The minimum absolute atomic E-state index is 0.0132. The molecule has 3 aromatic rings. The second kappa shape index (κ2) is 8.41. The zero-order valence-corrected chi connectivity index (χ0v) is 16.4. The number of hydrogen-bond acceptors (Lipinski definition) is 6. The topological polar surface area (TPSA) is 100 Å². The Morgan fingerprint density at radius 2 is 1.97 bits per heavy atom. The van der Waals surface area contributed by atoms with E-state index < -0.39 is 11.5 Å². The van der Waals surface area contributed by atoms with Crippen molar-refractivity contribution in [3.8, 4) is 17.2 Å². The van der Waals surface area contributed by atoms with Gasteiger partial charge in [0.2, 0.25) is 5.43 Å². The van der Waals surface area contributed by atoms with E-state index in [-0.39, 0.29) is 27.9 Å². The number of ether oxygens (including phenoxy) is 1. The average Bonchev–Trinajstić information content (AvgIpc) is 2.65. The quantitative estimate of drug-likeness (QED) is 0.404. The van der Waals surface area contributed by atoms with Gasteiger partial charge in [-0.15, -0.1) is 0 Å². The third-order valence-electron chi connectivity index (χ3n) is 4.77. The summed E-state index contributed by atoms with van der Waals surface area (Å²) in [6, 6.07) is 7.27. The van der Waals surface area contributed by atoms with Crippen LogP contribution in [0.15, 0.2) is 63.3 Å². The highest BCUT2D eigenvalue weighted by Crippen LogP contribution is 2.30. The molecule has 6 nitrogen and oxygen atoms in total. The average molecular weight is 396 g/mol. The van der Waals surface area contributed by atoms with Crippen molar-refractivity contribution in [2.75, 3.05) is 6.61 Å². The molecule has 1 unspecified atom stereocenters. The van der Waals surface area contributed by atoms with E-state index in [0.717, 1.165) is 23.6 Å². The molecule has 0 radical (unpaired) electrons. The molecule has 152 valence electrons. The van der Waals surface area contributed by atoms with Gasteiger partial charge in [0, 0.05) is 12.1 Å². The first kappa shape index (κ1) is 20.5. The molecule has 6 heteroatoms. The van der Waals surface area contributed by atoms with E-state index in [1.807, 2.05) is 13.0 Å². The van der Waals surface area contributed by atoms with Gasteiger partial charge in [0.1, 0.15) is 40.4 Å². The van der Waals surface area contributed by atoms with Gasteiger partial charge in [-0.1, -0.05) is 17.7 Å². The first-order valence-corrected chi connectivity index (χ1v) is 9.30. The van der Waals surface area contributed by atoms with Gasteiger partial charge >= 0.3 is 0 Å². The van der Waals surface area contributed by atoms with Crippen LogP contribution in [-0.4, -0.2) is 28.0 Å². The molecule has 0 bridgehead atoms. The van der Waals surface area contributed by atoms with Crippen molar-refractivity contribution in [1.82, 2.24) is 0 Å². The van der Waals surface area contributed by atoms with Crippen molar-refractivity contribution in [2.45, 2.75) is 32.8 Å². The van der Waals surface area contributed by atoms with Gasteiger partial charge in [-0.2, -0.15) is 0 Å². The highest BCUT2D eigenvalue weighted by molar-refractivity contribution is 5.94. The normalized spacial score (nSPS) is 13.0. The smallest absolute Gasteiger partial charge is 0.204 e. The van der Waals surface area contributed by atoms with Crippen molar-refractivity contribution in [2.24, 2.45) is 0 Å². The molecular weight excluding hydrogens is 372 g/mol. The summed E-state index contributed by atoms with van der Waals surface area (Å²) in [5.41, 5.74) is 1.88. The van der Waals surface area contributed by atoms with Gasteiger partial charge < -0.3 is 24.5 Å². The first-order valence-electron chi connectivity index (χ1n) is 9.30. The molecule has 0 aliphatic rings. The maximum absolute atomic E-state index is 12.8. The standard InChI is InChI=1S/C23H24O6/c1-13(2)18(25)6-4-14(3)8-9-28-16-5-7-20-17(12-16)23(27)22-19(26)10-15(24)11-21(22)29-20/h5,7-8,10-12,18,24-26H,1,4,6,9H2,2-3H3. The van der Waals surface area contributed by atoms with E-state index in [2.05, 4.69) is 6.58 Å². The molecule has 1 heterocycles. The van der Waals surface area contributed by atoms with Crippen molar-refractivity contribution >= 4 is 21.9 Å². The Hall–Kier alpha value is -3.25. The van der Waals surface area contributed by atoms with Gasteiger partial charge in [0.25, 0.3) is 0 Å². The van der Waals surface area contributed by atoms with E-state index in [4.69, 9.17) is 9.15 Å². The Balaban J connectivity index is 1.78. The number of phenolic OH excluding ortho intramolecular Hbond substituents is 2. The molecule has 0 saturated carbocycles. The van der Waals surface area contributed by atoms with E-state index in [1.165, 1.54) is 6.07 Å². The molecule has 3 N–H and O–H groups in total. The molecule has 2 aromatic carbocycles. The van der Waals surface area contributed by atoms with Crippen molar-refractivity contribution in [3.05, 3.63) is 64.4 Å². The number of rotatable bonds is 7. The van der Waals surface area contributed by atoms with Crippen LogP contribution in [0.3, 0.4) is 0 Å². The Labute approximate surface area is 168 Å². The first-order chi connectivity index (χ1) is 13.8. The number of aliphatic hydroxyl groups excluding tert-OH is 1. The SMILES string of the molecule is C=C(C)C(O)CCC(C)=CCOc1ccc2oc3cc(O)cc(O)c3c(=O)c2c1. The van der Waals surface area contributed by atoms with Crippen LogP contribution in [0.25, 0.3) is 21.9 Å². The summed E-state index contributed by atoms with van der Waals surface area (Å²) in [4.78, 5) is 12.8. The third-order valence-corrected chi connectivity index (χ3v) is 4.77. The molecule has 1 atom stereocenters. The lowest BCUT2D eigenvalue weighted by Gasteiger charge is -2.10. The van der Waals surface area contributed by atoms with E-state index in [1.54, 1.807) is 25.1 Å². The lowest BCUT2D eigenvalue weighted by Crippen LogP contribution is -2.07. The number of aromatic hydroxyl groups is 2. The highest BCUT2D eigenvalue weighted by atomic mass is 16.5. The van der Waals surface area contributed by atoms with Crippen LogP contribution in [-0.2, 0) is 0 Å². The highest BCUT2D eigenvalue weighted by Gasteiger charge is 2.13. The van der Waals surface area contributed by atoms with Gasteiger partial charge in [-0.3, -0.25) is 4.79 Å². The fourth-order valence-electron chi connectivity index (χ4n) is 3.01. The van der Waals surface area contributed by atoms with Crippen molar-refractivity contribution in [1.29, 1.82) is 0 Å². The third kappa shape index (κ3) is 4.60. The second-order valence-electron chi connectivity index (χ2n) is 7.19. The van der Waals surface area contributed by atoms with Crippen molar-refractivity contribution in [3.63, 3.8) is 0 Å². The maximum Gasteiger partial charge on any atom is 0.204 e. The minimum Gasteiger partial charge on any atom is -0.508 e. The molecule has 29 heavy (non-hydrogen) atoms. The summed E-state index contributed by atoms with van der Waals surface area (Å²) < 4.78 is 11.4. The van der Waals surface area contributed by atoms with Crippen LogP contribution in [0, 0.1) is 0 Å². The molecule has 0 spiro atoms. The summed E-state index contributed by atoms with van der Waals surface area (Å²) >= 11 is 0. The zero-order chi connectivity index (χ0) is 21.1. The number of aliphatic hydroxyl groups is 1. The molecule has 0 aliphatic heterocycles.